The number of urea groups is 1. The number of hydrogen-bond acceptors (Lipinski definition) is 4. The molecule has 7 heteroatoms. The van der Waals surface area contributed by atoms with Crippen molar-refractivity contribution in [2.24, 2.45) is 16.8 Å². The highest BCUT2D eigenvalue weighted by Crippen LogP contribution is 2.46. The Kier molecular flexibility index (Phi) is 7.13. The second-order valence-corrected chi connectivity index (χ2v) is 12.3. The molecule has 6 rings (SSSR count). The SMILES string of the molecule is CC[C@@H](C)Oc1cccc(CN2CC[C@@]3(C[C@@H]2C)C(NC2C[C@H]4CC[C@H]2C4)=NC(=O)N3c2cccc(F)c2)c1. The number of nitrogens with zero attached hydrogens (tertiary/aromatic N) is 3. The van der Waals surface area contributed by atoms with E-state index in [-0.39, 0.29) is 24.0 Å². The molecule has 2 saturated carbocycles. The largest absolute Gasteiger partial charge is 0.491 e. The van der Waals surface area contributed by atoms with Crippen LogP contribution < -0.4 is 15.0 Å². The number of benzene rings is 2. The van der Waals surface area contributed by atoms with Gasteiger partial charge in [-0.05, 0) is 100 Å². The predicted molar refractivity (Wildman–Crippen MR) is 153 cm³/mol. The maximum absolute atomic E-state index is 14.3. The maximum atomic E-state index is 14.3. The van der Waals surface area contributed by atoms with Crippen LogP contribution in [0.3, 0.4) is 0 Å². The second kappa shape index (κ2) is 10.6. The van der Waals surface area contributed by atoms with Gasteiger partial charge in [0, 0.05) is 30.9 Å². The molecular weight excluding hydrogens is 491 g/mol. The summed E-state index contributed by atoms with van der Waals surface area (Å²) in [5.74, 6) is 2.82. The van der Waals surface area contributed by atoms with E-state index in [4.69, 9.17) is 4.74 Å². The van der Waals surface area contributed by atoms with Crippen LogP contribution in [0.1, 0.15) is 71.3 Å². The molecule has 1 spiro atoms. The summed E-state index contributed by atoms with van der Waals surface area (Å²) >= 11 is 0. The highest BCUT2D eigenvalue weighted by Gasteiger charge is 2.54. The Labute approximate surface area is 231 Å². The molecule has 1 N–H and O–H groups in total. The lowest BCUT2D eigenvalue weighted by Crippen LogP contribution is -2.64. The summed E-state index contributed by atoms with van der Waals surface area (Å²) in [6, 6.07) is 15.1. The molecule has 1 unspecified atom stereocenters. The summed E-state index contributed by atoms with van der Waals surface area (Å²) in [5, 5.41) is 3.79. The number of aliphatic imine (C=N–C) groups is 1. The Morgan fingerprint density at radius 2 is 2.03 bits per heavy atom. The average Bonchev–Trinajstić information content (AvgIpc) is 3.60. The summed E-state index contributed by atoms with van der Waals surface area (Å²) in [5.41, 5.74) is 1.21. The van der Waals surface area contributed by atoms with E-state index in [2.05, 4.69) is 54.2 Å². The molecule has 3 fully saturated rings. The number of amidine groups is 1. The fourth-order valence-corrected chi connectivity index (χ4v) is 7.46. The number of halogens is 1. The summed E-state index contributed by atoms with van der Waals surface area (Å²) in [6.07, 6.45) is 7.66. The molecule has 2 bridgehead atoms. The molecule has 0 radical (unpaired) electrons. The van der Waals surface area contributed by atoms with Gasteiger partial charge in [-0.3, -0.25) is 9.80 Å². The van der Waals surface area contributed by atoms with Gasteiger partial charge in [-0.2, -0.15) is 4.99 Å². The number of rotatable bonds is 7. The number of piperidine rings is 1. The first kappa shape index (κ1) is 26.3. The molecule has 6 atom stereocenters. The first-order valence-electron chi connectivity index (χ1n) is 14.8. The van der Waals surface area contributed by atoms with Crippen LogP contribution in [0.2, 0.25) is 0 Å². The lowest BCUT2D eigenvalue weighted by Gasteiger charge is -2.48. The van der Waals surface area contributed by atoms with Crippen LogP contribution in [0.15, 0.2) is 53.5 Å². The van der Waals surface area contributed by atoms with Gasteiger partial charge in [-0.1, -0.05) is 31.5 Å². The van der Waals surface area contributed by atoms with Gasteiger partial charge < -0.3 is 10.1 Å². The Bertz CT molecular complexity index is 1250. The number of anilines is 1. The smallest absolute Gasteiger partial charge is 0.350 e. The van der Waals surface area contributed by atoms with E-state index in [1.54, 1.807) is 11.0 Å². The molecule has 2 aliphatic carbocycles. The average molecular weight is 533 g/mol. The first-order valence-corrected chi connectivity index (χ1v) is 14.8. The number of likely N-dealkylation sites (tertiary alicyclic amines) is 1. The monoisotopic (exact) mass is 532 g/mol. The first-order chi connectivity index (χ1) is 18.8. The van der Waals surface area contributed by atoms with Crippen molar-refractivity contribution in [3.8, 4) is 5.75 Å². The molecule has 2 amide bonds. The van der Waals surface area contributed by atoms with Crippen molar-refractivity contribution in [2.75, 3.05) is 11.4 Å². The molecule has 4 aliphatic rings. The maximum Gasteiger partial charge on any atom is 0.350 e. The van der Waals surface area contributed by atoms with Crippen molar-refractivity contribution in [2.45, 2.75) is 96.0 Å². The van der Waals surface area contributed by atoms with E-state index in [9.17, 15) is 9.18 Å². The fourth-order valence-electron chi connectivity index (χ4n) is 7.46. The van der Waals surface area contributed by atoms with E-state index in [1.165, 1.54) is 37.0 Å². The summed E-state index contributed by atoms with van der Waals surface area (Å²) in [7, 11) is 0. The molecule has 6 nitrogen and oxygen atoms in total. The van der Waals surface area contributed by atoms with Gasteiger partial charge in [-0.15, -0.1) is 0 Å². The number of nitrogens with one attached hydrogen (secondary N) is 1. The Morgan fingerprint density at radius 3 is 2.74 bits per heavy atom. The number of hydrogen-bond donors (Lipinski definition) is 1. The fraction of sp³-hybridized carbons (Fsp3) is 0.562. The Morgan fingerprint density at radius 1 is 1.18 bits per heavy atom. The van der Waals surface area contributed by atoms with Gasteiger partial charge in [0.1, 0.15) is 22.9 Å². The molecular formula is C32H41FN4O2. The lowest BCUT2D eigenvalue weighted by atomic mass is 9.80. The van der Waals surface area contributed by atoms with Crippen LogP contribution in [0.5, 0.6) is 5.75 Å². The number of fused-ring (bicyclic) bond motifs is 2. The van der Waals surface area contributed by atoms with E-state index >= 15 is 0 Å². The number of carbonyl (C=O) groups excluding carboxylic acids is 1. The van der Waals surface area contributed by atoms with Gasteiger partial charge in [-0.25, -0.2) is 9.18 Å². The third-order valence-corrected chi connectivity index (χ3v) is 9.66. The zero-order valence-electron chi connectivity index (χ0n) is 23.4. The van der Waals surface area contributed by atoms with Crippen LogP contribution >= 0.6 is 0 Å². The molecule has 2 aliphatic heterocycles. The minimum Gasteiger partial charge on any atom is -0.491 e. The van der Waals surface area contributed by atoms with Crippen molar-refractivity contribution >= 4 is 17.6 Å². The minimum atomic E-state index is -0.593. The standard InChI is InChI=1S/C32H41FN4O2/c1-4-22(3)39-28-10-5-7-24(16-28)20-36-14-13-32(19-21(36)2)30(34-29-17-23-11-12-25(29)15-23)35-31(38)37(32)27-9-6-8-26(33)18-27/h5-10,16,18,21-23,25,29H,4,11-15,17,19-20H2,1-3H3,(H,34,35,38)/t21-,22+,23-,25-,29?,32+/m0/s1. The van der Waals surface area contributed by atoms with Crippen LogP contribution in [0.4, 0.5) is 14.9 Å². The molecule has 2 heterocycles. The van der Waals surface area contributed by atoms with Crippen molar-refractivity contribution in [1.29, 1.82) is 0 Å². The quantitative estimate of drug-likeness (QED) is 0.440. The van der Waals surface area contributed by atoms with Crippen LogP contribution in [-0.2, 0) is 6.54 Å². The molecule has 39 heavy (non-hydrogen) atoms. The minimum absolute atomic E-state index is 0.183. The Hall–Kier alpha value is -2.93. The second-order valence-electron chi connectivity index (χ2n) is 12.3. The van der Waals surface area contributed by atoms with Crippen molar-refractivity contribution in [3.05, 3.63) is 59.9 Å². The molecule has 0 aromatic heterocycles. The van der Waals surface area contributed by atoms with E-state index < -0.39 is 5.54 Å². The number of carbonyl (C=O) groups is 1. The van der Waals surface area contributed by atoms with Gasteiger partial charge in [0.15, 0.2) is 0 Å². The van der Waals surface area contributed by atoms with Gasteiger partial charge in [0.2, 0.25) is 0 Å². The highest BCUT2D eigenvalue weighted by atomic mass is 19.1. The van der Waals surface area contributed by atoms with Gasteiger partial charge in [0.25, 0.3) is 0 Å². The van der Waals surface area contributed by atoms with Gasteiger partial charge in [0.05, 0.1) is 6.10 Å². The van der Waals surface area contributed by atoms with E-state index in [1.807, 2.05) is 12.1 Å². The highest BCUT2D eigenvalue weighted by molar-refractivity contribution is 6.16. The van der Waals surface area contributed by atoms with Crippen LogP contribution in [0.25, 0.3) is 0 Å². The summed E-state index contributed by atoms with van der Waals surface area (Å²) in [4.78, 5) is 22.4. The Balaban J connectivity index is 1.24. The summed E-state index contributed by atoms with van der Waals surface area (Å²) in [6.45, 7) is 8.09. The topological polar surface area (TPSA) is 57.2 Å². The van der Waals surface area contributed by atoms with Crippen LogP contribution in [-0.4, -0.2) is 47.0 Å². The summed E-state index contributed by atoms with van der Waals surface area (Å²) < 4.78 is 20.4. The van der Waals surface area contributed by atoms with Crippen molar-refractivity contribution < 1.29 is 13.9 Å². The third-order valence-electron chi connectivity index (χ3n) is 9.66. The normalized spacial score (nSPS) is 31.1. The molecule has 1 saturated heterocycles. The number of ether oxygens (including phenoxy) is 1. The predicted octanol–water partition coefficient (Wildman–Crippen LogP) is 6.54. The zero-order valence-corrected chi connectivity index (χ0v) is 23.4. The van der Waals surface area contributed by atoms with Crippen LogP contribution in [0, 0.1) is 17.7 Å². The molecule has 2 aromatic carbocycles. The third kappa shape index (κ3) is 5.06. The molecule has 208 valence electrons. The van der Waals surface area contributed by atoms with Crippen molar-refractivity contribution in [1.82, 2.24) is 10.2 Å². The van der Waals surface area contributed by atoms with Gasteiger partial charge >= 0.3 is 6.03 Å². The molecule has 2 aromatic rings. The van der Waals surface area contributed by atoms with E-state index in [0.29, 0.717) is 17.6 Å². The van der Waals surface area contributed by atoms with Crippen molar-refractivity contribution in [3.63, 3.8) is 0 Å². The zero-order chi connectivity index (χ0) is 27.1. The lowest BCUT2D eigenvalue weighted by molar-refractivity contribution is 0.121. The number of amides is 2. The van der Waals surface area contributed by atoms with E-state index in [0.717, 1.165) is 56.3 Å².